The highest BCUT2D eigenvalue weighted by molar-refractivity contribution is 6.05. The third-order valence-corrected chi connectivity index (χ3v) is 3.54. The van der Waals surface area contributed by atoms with E-state index in [0.29, 0.717) is 0 Å². The van der Waals surface area contributed by atoms with Gasteiger partial charge in [0, 0.05) is 5.56 Å². The summed E-state index contributed by atoms with van der Waals surface area (Å²) in [6.07, 6.45) is 0.807. The number of hydrogen-bond acceptors (Lipinski definition) is 2. The fourth-order valence-corrected chi connectivity index (χ4v) is 2.54. The Bertz CT molecular complexity index is 584. The first-order chi connectivity index (χ1) is 8.79. The molecule has 1 atom stereocenters. The molecule has 0 heterocycles. The van der Waals surface area contributed by atoms with E-state index in [1.54, 1.807) is 7.11 Å². The van der Waals surface area contributed by atoms with Crippen LogP contribution < -0.4 is 4.74 Å². The number of ketones is 1. The Balaban J connectivity index is 1.93. The molecule has 2 heteroatoms. The van der Waals surface area contributed by atoms with Crippen LogP contribution >= 0.6 is 0 Å². The van der Waals surface area contributed by atoms with Crippen LogP contribution in [0.4, 0.5) is 0 Å². The topological polar surface area (TPSA) is 26.3 Å². The maximum atomic E-state index is 12.3. The number of hydrogen-bond donors (Lipinski definition) is 0. The van der Waals surface area contributed by atoms with Gasteiger partial charge in [-0.15, -0.1) is 0 Å². The van der Waals surface area contributed by atoms with Crippen LogP contribution in [0.25, 0.3) is 0 Å². The van der Waals surface area contributed by atoms with E-state index in [-0.39, 0.29) is 11.7 Å². The number of fused-ring (bicyclic) bond motifs is 1. The molecule has 0 aliphatic heterocycles. The van der Waals surface area contributed by atoms with Crippen molar-refractivity contribution in [3.8, 4) is 5.75 Å². The number of ether oxygens (including phenoxy) is 1. The Hall–Kier alpha value is -2.09. The number of benzene rings is 2. The first kappa shape index (κ1) is 11.0. The van der Waals surface area contributed by atoms with Crippen molar-refractivity contribution >= 4 is 5.78 Å². The summed E-state index contributed by atoms with van der Waals surface area (Å²) < 4.78 is 5.14. The summed E-state index contributed by atoms with van der Waals surface area (Å²) in [6.45, 7) is 0. The molecule has 2 aromatic carbocycles. The van der Waals surface area contributed by atoms with Gasteiger partial charge in [-0.05, 0) is 29.7 Å². The molecule has 0 aromatic heterocycles. The monoisotopic (exact) mass is 238 g/mol. The largest absolute Gasteiger partial charge is 0.497 e. The average molecular weight is 238 g/mol. The summed E-state index contributed by atoms with van der Waals surface area (Å²) in [5.41, 5.74) is 3.10. The van der Waals surface area contributed by atoms with Crippen LogP contribution in [0.3, 0.4) is 0 Å². The predicted molar refractivity (Wildman–Crippen MR) is 70.2 cm³/mol. The van der Waals surface area contributed by atoms with Crippen LogP contribution in [0.1, 0.15) is 27.4 Å². The second-order valence-electron chi connectivity index (χ2n) is 4.55. The molecule has 2 nitrogen and oxygen atoms in total. The zero-order chi connectivity index (χ0) is 12.5. The first-order valence-corrected chi connectivity index (χ1v) is 6.05. The van der Waals surface area contributed by atoms with E-state index in [0.717, 1.165) is 28.9 Å². The third-order valence-electron chi connectivity index (χ3n) is 3.54. The zero-order valence-electron chi connectivity index (χ0n) is 10.2. The molecule has 1 unspecified atom stereocenters. The molecule has 0 saturated carbocycles. The molecule has 1 aliphatic rings. The van der Waals surface area contributed by atoms with Crippen LogP contribution in [0.2, 0.25) is 0 Å². The molecule has 0 spiro atoms. The first-order valence-electron chi connectivity index (χ1n) is 6.05. The highest BCUT2D eigenvalue weighted by Gasteiger charge is 2.30. The van der Waals surface area contributed by atoms with Gasteiger partial charge in [0.25, 0.3) is 0 Å². The number of carbonyl (C=O) groups excluding carboxylic acids is 1. The molecule has 1 aliphatic carbocycles. The summed E-state index contributed by atoms with van der Waals surface area (Å²) in [5, 5.41) is 0. The van der Waals surface area contributed by atoms with Crippen LogP contribution in [-0.4, -0.2) is 12.9 Å². The molecule has 0 N–H and O–H groups in total. The number of methoxy groups -OCH3 is 1. The molecule has 0 fully saturated rings. The molecular weight excluding hydrogens is 224 g/mol. The van der Waals surface area contributed by atoms with E-state index in [9.17, 15) is 4.79 Å². The molecule has 3 rings (SSSR count). The van der Waals surface area contributed by atoms with Gasteiger partial charge in [0.1, 0.15) is 5.75 Å². The van der Waals surface area contributed by atoms with Gasteiger partial charge in [0.2, 0.25) is 0 Å². The molecule has 0 saturated heterocycles. The number of carbonyl (C=O) groups is 1. The lowest BCUT2D eigenvalue weighted by Gasteiger charge is -2.09. The van der Waals surface area contributed by atoms with Gasteiger partial charge in [-0.1, -0.05) is 36.4 Å². The van der Waals surface area contributed by atoms with Crippen molar-refractivity contribution in [2.45, 2.75) is 12.3 Å². The molecule has 2 aromatic rings. The lowest BCUT2D eigenvalue weighted by Crippen LogP contribution is -2.06. The van der Waals surface area contributed by atoms with Gasteiger partial charge in [-0.3, -0.25) is 4.79 Å². The van der Waals surface area contributed by atoms with E-state index in [1.165, 1.54) is 0 Å². The van der Waals surface area contributed by atoms with Crippen LogP contribution in [0, 0.1) is 0 Å². The van der Waals surface area contributed by atoms with Crippen LogP contribution in [-0.2, 0) is 6.42 Å². The minimum absolute atomic E-state index is 0.0340. The molecule has 18 heavy (non-hydrogen) atoms. The fourth-order valence-electron chi connectivity index (χ4n) is 2.54. The summed E-state index contributed by atoms with van der Waals surface area (Å²) in [6, 6.07) is 15.6. The van der Waals surface area contributed by atoms with E-state index >= 15 is 0 Å². The zero-order valence-corrected chi connectivity index (χ0v) is 10.2. The van der Waals surface area contributed by atoms with Gasteiger partial charge < -0.3 is 4.74 Å². The SMILES string of the molecule is COc1ccc(C2Cc3ccccc3C2=O)cc1. The van der Waals surface area contributed by atoms with Crippen LogP contribution in [0.15, 0.2) is 48.5 Å². The standard InChI is InChI=1S/C16H14O2/c1-18-13-8-6-11(7-9-13)15-10-12-4-2-3-5-14(12)16(15)17/h2-9,15H,10H2,1H3. The van der Waals surface area contributed by atoms with Crippen molar-refractivity contribution < 1.29 is 9.53 Å². The average Bonchev–Trinajstić information content (AvgIpc) is 2.77. The smallest absolute Gasteiger partial charge is 0.170 e. The number of rotatable bonds is 2. The van der Waals surface area contributed by atoms with Crippen molar-refractivity contribution in [3.63, 3.8) is 0 Å². The van der Waals surface area contributed by atoms with Gasteiger partial charge in [-0.2, -0.15) is 0 Å². The summed E-state index contributed by atoms with van der Waals surface area (Å²) in [7, 11) is 1.64. The summed E-state index contributed by atoms with van der Waals surface area (Å²) in [4.78, 5) is 12.3. The van der Waals surface area contributed by atoms with E-state index < -0.39 is 0 Å². The van der Waals surface area contributed by atoms with Gasteiger partial charge in [0.05, 0.1) is 13.0 Å². The second kappa shape index (κ2) is 4.30. The molecule has 0 radical (unpaired) electrons. The predicted octanol–water partition coefficient (Wildman–Crippen LogP) is 3.22. The molecule has 0 amide bonds. The lowest BCUT2D eigenvalue weighted by atomic mass is 9.95. The molecule has 0 bridgehead atoms. The Kier molecular flexibility index (Phi) is 2.63. The van der Waals surface area contributed by atoms with Gasteiger partial charge in [-0.25, -0.2) is 0 Å². The van der Waals surface area contributed by atoms with Crippen molar-refractivity contribution in [1.82, 2.24) is 0 Å². The van der Waals surface area contributed by atoms with E-state index in [2.05, 4.69) is 0 Å². The normalized spacial score (nSPS) is 17.6. The van der Waals surface area contributed by atoms with Crippen molar-refractivity contribution in [2.75, 3.05) is 7.11 Å². The van der Waals surface area contributed by atoms with Crippen molar-refractivity contribution in [1.29, 1.82) is 0 Å². The summed E-state index contributed by atoms with van der Waals surface area (Å²) >= 11 is 0. The Morgan fingerprint density at radius 1 is 1.06 bits per heavy atom. The molecule has 90 valence electrons. The minimum atomic E-state index is -0.0340. The Morgan fingerprint density at radius 3 is 2.44 bits per heavy atom. The third kappa shape index (κ3) is 1.70. The summed E-state index contributed by atoms with van der Waals surface area (Å²) in [5.74, 6) is 1.02. The minimum Gasteiger partial charge on any atom is -0.497 e. The Morgan fingerprint density at radius 2 is 1.78 bits per heavy atom. The van der Waals surface area contributed by atoms with Gasteiger partial charge >= 0.3 is 0 Å². The quantitative estimate of drug-likeness (QED) is 0.803. The van der Waals surface area contributed by atoms with Gasteiger partial charge in [0.15, 0.2) is 5.78 Å². The maximum absolute atomic E-state index is 12.3. The number of Topliss-reactive ketones (excluding diaryl/α,β-unsaturated/α-hetero) is 1. The second-order valence-corrected chi connectivity index (χ2v) is 4.55. The van der Waals surface area contributed by atoms with Crippen LogP contribution in [0.5, 0.6) is 5.75 Å². The van der Waals surface area contributed by atoms with E-state index in [1.807, 2.05) is 48.5 Å². The molecular formula is C16H14O2. The fraction of sp³-hybridized carbons (Fsp3) is 0.188. The Labute approximate surface area is 106 Å². The van der Waals surface area contributed by atoms with Crippen molar-refractivity contribution in [2.24, 2.45) is 0 Å². The van der Waals surface area contributed by atoms with Crippen molar-refractivity contribution in [3.05, 3.63) is 65.2 Å². The highest BCUT2D eigenvalue weighted by atomic mass is 16.5. The van der Waals surface area contributed by atoms with E-state index in [4.69, 9.17) is 4.74 Å². The lowest BCUT2D eigenvalue weighted by molar-refractivity contribution is 0.0973. The maximum Gasteiger partial charge on any atom is 0.170 e. The highest BCUT2D eigenvalue weighted by Crippen LogP contribution is 2.34.